The van der Waals surface area contributed by atoms with Crippen LogP contribution in [0.4, 0.5) is 0 Å². The first-order valence-electron chi connectivity index (χ1n) is 7.53. The summed E-state index contributed by atoms with van der Waals surface area (Å²) in [5.74, 6) is 2.12. The Kier molecular flexibility index (Phi) is 7.61. The Bertz CT molecular complexity index is 637. The van der Waals surface area contributed by atoms with Gasteiger partial charge < -0.3 is 5.32 Å². The quantitative estimate of drug-likeness (QED) is 0.561. The standard InChI is InChI=1S/C12H17Cl2NS.C6H4/c1-2-15-6-3-7-16-9-10-4-5-11(13)8-12(10)14;1-2-6-4-3-5(1)6/h4-5,8,15H,2-3,6-7,9H2,1H3;1-4H. The number of thioether (sulfide) groups is 1. The molecule has 0 unspecified atom stereocenters. The van der Waals surface area contributed by atoms with E-state index in [-0.39, 0.29) is 0 Å². The van der Waals surface area contributed by atoms with Gasteiger partial charge in [0.05, 0.1) is 0 Å². The first kappa shape index (κ1) is 17.7. The SMILES string of the molecule is CCNCCCSCc1ccc(Cl)cc1Cl.c1cc2ccc1=2. The monoisotopic (exact) mass is 353 g/mol. The molecule has 118 valence electrons. The van der Waals surface area contributed by atoms with Gasteiger partial charge in [-0.15, -0.1) is 0 Å². The molecule has 0 saturated carbocycles. The topological polar surface area (TPSA) is 12.0 Å². The summed E-state index contributed by atoms with van der Waals surface area (Å²) in [6.07, 6.45) is 1.20. The highest BCUT2D eigenvalue weighted by Crippen LogP contribution is 2.24. The predicted octanol–water partition coefficient (Wildman–Crippen LogP) is 5.51. The van der Waals surface area contributed by atoms with E-state index in [9.17, 15) is 0 Å². The highest BCUT2D eigenvalue weighted by atomic mass is 35.5. The maximum Gasteiger partial charge on any atom is 0.0461 e. The zero-order chi connectivity index (χ0) is 15.8. The summed E-state index contributed by atoms with van der Waals surface area (Å²) in [6.45, 7) is 4.27. The van der Waals surface area contributed by atoms with Crippen molar-refractivity contribution < 1.29 is 0 Å². The molecular formula is C18H21Cl2NS. The van der Waals surface area contributed by atoms with Crippen LogP contribution in [-0.4, -0.2) is 18.8 Å². The molecule has 0 aromatic heterocycles. The zero-order valence-electron chi connectivity index (χ0n) is 12.7. The normalized spacial score (nSPS) is 10.9. The maximum absolute atomic E-state index is 6.08. The highest BCUT2D eigenvalue weighted by molar-refractivity contribution is 7.98. The molecule has 1 aromatic rings. The minimum absolute atomic E-state index is 0.700. The highest BCUT2D eigenvalue weighted by Gasteiger charge is 2.01. The molecule has 0 heterocycles. The van der Waals surface area contributed by atoms with Crippen molar-refractivity contribution >= 4 is 35.0 Å². The summed E-state index contributed by atoms with van der Waals surface area (Å²) in [7, 11) is 0. The molecule has 1 N–H and O–H groups in total. The van der Waals surface area contributed by atoms with Crippen molar-refractivity contribution in [2.45, 2.75) is 19.1 Å². The van der Waals surface area contributed by atoms with E-state index in [0.29, 0.717) is 5.02 Å². The van der Waals surface area contributed by atoms with Gasteiger partial charge in [-0.25, -0.2) is 0 Å². The second kappa shape index (κ2) is 9.46. The third-order valence-electron chi connectivity index (χ3n) is 3.38. The van der Waals surface area contributed by atoms with Gasteiger partial charge in [0.25, 0.3) is 0 Å². The summed E-state index contributed by atoms with van der Waals surface area (Å²) in [5.41, 5.74) is 1.17. The summed E-state index contributed by atoms with van der Waals surface area (Å²) < 4.78 is 0. The van der Waals surface area contributed by atoms with Gasteiger partial charge in [-0.3, -0.25) is 0 Å². The van der Waals surface area contributed by atoms with Crippen molar-refractivity contribution in [1.29, 1.82) is 0 Å². The van der Waals surface area contributed by atoms with E-state index < -0.39 is 0 Å². The van der Waals surface area contributed by atoms with Crippen LogP contribution < -0.4 is 5.32 Å². The van der Waals surface area contributed by atoms with Crippen LogP contribution in [-0.2, 0) is 5.75 Å². The summed E-state index contributed by atoms with van der Waals surface area (Å²) in [6, 6.07) is 14.2. The van der Waals surface area contributed by atoms with Gasteiger partial charge >= 0.3 is 0 Å². The lowest BCUT2D eigenvalue weighted by Gasteiger charge is -2.05. The van der Waals surface area contributed by atoms with Crippen molar-refractivity contribution in [2.75, 3.05) is 18.8 Å². The summed E-state index contributed by atoms with van der Waals surface area (Å²) in [4.78, 5) is 0. The van der Waals surface area contributed by atoms with Crippen LogP contribution in [0.3, 0.4) is 0 Å². The van der Waals surface area contributed by atoms with Crippen molar-refractivity contribution in [3.05, 3.63) is 68.5 Å². The average Bonchev–Trinajstić information content (AvgIpc) is 2.49. The second-order valence-corrected chi connectivity index (χ2v) is 7.02. The van der Waals surface area contributed by atoms with E-state index in [1.54, 1.807) is 6.07 Å². The molecule has 0 spiro atoms. The van der Waals surface area contributed by atoms with E-state index in [1.807, 2.05) is 23.9 Å². The number of nitrogens with one attached hydrogen (secondary N) is 1. The lowest BCUT2D eigenvalue weighted by molar-refractivity contribution is 0.707. The van der Waals surface area contributed by atoms with Crippen LogP contribution in [0.25, 0.3) is 0 Å². The van der Waals surface area contributed by atoms with Crippen LogP contribution >= 0.6 is 35.0 Å². The van der Waals surface area contributed by atoms with Crippen LogP contribution in [0.1, 0.15) is 18.9 Å². The van der Waals surface area contributed by atoms with E-state index in [4.69, 9.17) is 23.2 Å². The largest absolute Gasteiger partial charge is 0.317 e. The van der Waals surface area contributed by atoms with Crippen LogP contribution in [0.5, 0.6) is 0 Å². The predicted molar refractivity (Wildman–Crippen MR) is 99.9 cm³/mol. The van der Waals surface area contributed by atoms with Crippen LogP contribution in [0.2, 0.25) is 10.0 Å². The van der Waals surface area contributed by atoms with Crippen molar-refractivity contribution in [3.63, 3.8) is 0 Å². The molecule has 1 nitrogen and oxygen atoms in total. The molecule has 3 rings (SSSR count). The van der Waals surface area contributed by atoms with Crippen molar-refractivity contribution in [2.24, 2.45) is 0 Å². The van der Waals surface area contributed by atoms with Gasteiger partial charge in [0.1, 0.15) is 0 Å². The van der Waals surface area contributed by atoms with E-state index in [2.05, 4.69) is 36.5 Å². The molecule has 0 saturated heterocycles. The first-order chi connectivity index (χ1) is 10.7. The molecule has 0 radical (unpaired) electrons. The Morgan fingerprint density at radius 1 is 1.00 bits per heavy atom. The minimum atomic E-state index is 0.700. The molecular weight excluding hydrogens is 333 g/mol. The Hall–Kier alpha value is -0.670. The lowest BCUT2D eigenvalue weighted by Crippen LogP contribution is -2.14. The second-order valence-electron chi connectivity index (χ2n) is 5.07. The smallest absolute Gasteiger partial charge is 0.0461 e. The molecule has 2 aliphatic carbocycles. The third kappa shape index (κ3) is 5.51. The van der Waals surface area contributed by atoms with Crippen molar-refractivity contribution in [1.82, 2.24) is 5.32 Å². The van der Waals surface area contributed by atoms with E-state index in [1.165, 1.54) is 22.4 Å². The Labute approximate surface area is 146 Å². The molecule has 0 fully saturated rings. The van der Waals surface area contributed by atoms with E-state index >= 15 is 0 Å². The van der Waals surface area contributed by atoms with Gasteiger partial charge in [-0.2, -0.15) is 11.8 Å². The van der Waals surface area contributed by atoms with Gasteiger partial charge in [0, 0.05) is 15.8 Å². The summed E-state index contributed by atoms with van der Waals surface area (Å²) >= 11 is 13.8. The number of benzene rings is 2. The third-order valence-corrected chi connectivity index (χ3v) is 5.06. The number of hydrogen-bond acceptors (Lipinski definition) is 2. The fraction of sp³-hybridized carbons (Fsp3) is 0.333. The zero-order valence-corrected chi connectivity index (χ0v) is 15.1. The number of hydrogen-bond donors (Lipinski definition) is 1. The molecule has 0 amide bonds. The lowest BCUT2D eigenvalue weighted by atomic mass is 10.1. The molecule has 0 aliphatic heterocycles. The molecule has 4 heteroatoms. The first-order valence-corrected chi connectivity index (χ1v) is 9.44. The maximum atomic E-state index is 6.08. The van der Waals surface area contributed by atoms with Crippen LogP contribution in [0.15, 0.2) is 42.5 Å². The number of rotatable bonds is 7. The Balaban J connectivity index is 0.000000238. The molecule has 0 bridgehead atoms. The fourth-order valence-corrected chi connectivity index (χ4v) is 3.48. The molecule has 0 atom stereocenters. The minimum Gasteiger partial charge on any atom is -0.317 e. The van der Waals surface area contributed by atoms with Crippen molar-refractivity contribution in [3.8, 4) is 0 Å². The fourth-order valence-electron chi connectivity index (χ4n) is 1.96. The van der Waals surface area contributed by atoms with Gasteiger partial charge in [-0.05, 0) is 53.4 Å². The molecule has 2 aliphatic rings. The Morgan fingerprint density at radius 3 is 2.18 bits per heavy atom. The molecule has 1 aromatic carbocycles. The average molecular weight is 354 g/mol. The van der Waals surface area contributed by atoms with E-state index in [0.717, 1.165) is 29.6 Å². The Morgan fingerprint density at radius 2 is 1.68 bits per heavy atom. The number of halogens is 2. The molecule has 22 heavy (non-hydrogen) atoms. The summed E-state index contributed by atoms with van der Waals surface area (Å²) in [5, 5.41) is 7.63. The van der Waals surface area contributed by atoms with Gasteiger partial charge in [0.2, 0.25) is 0 Å². The van der Waals surface area contributed by atoms with Gasteiger partial charge in [-0.1, -0.05) is 60.5 Å². The van der Waals surface area contributed by atoms with Gasteiger partial charge in [0.15, 0.2) is 0 Å². The van der Waals surface area contributed by atoms with Crippen LogP contribution in [0, 0.1) is 10.4 Å².